The summed E-state index contributed by atoms with van der Waals surface area (Å²) in [6.07, 6.45) is 1.26. The Bertz CT molecular complexity index is 290. The van der Waals surface area contributed by atoms with Gasteiger partial charge in [0.1, 0.15) is 0 Å². The SMILES string of the molecule is C=CCOP(=O)(O)O.CCOP(=O)(OCC)OCC. The summed E-state index contributed by atoms with van der Waals surface area (Å²) in [4.78, 5) is 16.0. The molecule has 10 heteroatoms. The molecule has 0 aromatic carbocycles. The molecular weight excluding hydrogens is 298 g/mol. The van der Waals surface area contributed by atoms with Gasteiger partial charge in [-0.15, -0.1) is 6.58 Å². The second kappa shape index (κ2) is 11.8. The van der Waals surface area contributed by atoms with Crippen LogP contribution in [0.3, 0.4) is 0 Å². The average Bonchev–Trinajstić information content (AvgIpc) is 2.27. The minimum Gasteiger partial charge on any atom is -0.303 e. The number of phosphoric ester groups is 2. The van der Waals surface area contributed by atoms with Gasteiger partial charge in [-0.05, 0) is 20.8 Å². The highest BCUT2D eigenvalue weighted by Crippen LogP contribution is 2.48. The average molecular weight is 320 g/mol. The molecule has 116 valence electrons. The predicted octanol–water partition coefficient (Wildman–Crippen LogP) is 2.49. The summed E-state index contributed by atoms with van der Waals surface area (Å²) in [6, 6.07) is 0. The van der Waals surface area contributed by atoms with Gasteiger partial charge in [-0.2, -0.15) is 0 Å². The summed E-state index contributed by atoms with van der Waals surface area (Å²) < 4.78 is 39.6. The van der Waals surface area contributed by atoms with E-state index in [0.29, 0.717) is 19.8 Å². The minimum atomic E-state index is -4.25. The van der Waals surface area contributed by atoms with Gasteiger partial charge in [0.05, 0.1) is 26.4 Å². The Morgan fingerprint density at radius 3 is 1.47 bits per heavy atom. The molecule has 0 radical (unpaired) electrons. The minimum absolute atomic E-state index is 0.121. The summed E-state index contributed by atoms with van der Waals surface area (Å²) in [5, 5.41) is 0. The van der Waals surface area contributed by atoms with Gasteiger partial charge < -0.3 is 9.79 Å². The summed E-state index contributed by atoms with van der Waals surface area (Å²) >= 11 is 0. The van der Waals surface area contributed by atoms with Crippen molar-refractivity contribution < 1.29 is 37.0 Å². The molecule has 8 nitrogen and oxygen atoms in total. The van der Waals surface area contributed by atoms with E-state index in [1.807, 2.05) is 0 Å². The van der Waals surface area contributed by atoms with Gasteiger partial charge in [-0.1, -0.05) is 6.08 Å². The molecule has 0 atom stereocenters. The lowest BCUT2D eigenvalue weighted by Gasteiger charge is -2.14. The van der Waals surface area contributed by atoms with E-state index < -0.39 is 15.6 Å². The molecule has 0 aliphatic heterocycles. The molecule has 0 aromatic rings. The van der Waals surface area contributed by atoms with Gasteiger partial charge in [0.2, 0.25) is 0 Å². The summed E-state index contributed by atoms with van der Waals surface area (Å²) in [6.45, 7) is 9.29. The van der Waals surface area contributed by atoms with Crippen LogP contribution in [-0.2, 0) is 27.2 Å². The quantitative estimate of drug-likeness (QED) is 0.492. The number of hydrogen-bond acceptors (Lipinski definition) is 6. The second-order valence-electron chi connectivity index (χ2n) is 2.78. The maximum absolute atomic E-state index is 11.3. The van der Waals surface area contributed by atoms with E-state index in [2.05, 4.69) is 11.1 Å². The normalized spacial score (nSPS) is 11.6. The Balaban J connectivity index is 0. The summed E-state index contributed by atoms with van der Waals surface area (Å²) in [5.74, 6) is 0. The maximum atomic E-state index is 11.3. The maximum Gasteiger partial charge on any atom is 0.474 e. The number of rotatable bonds is 9. The lowest BCUT2D eigenvalue weighted by Crippen LogP contribution is -1.99. The van der Waals surface area contributed by atoms with Crippen LogP contribution in [0.4, 0.5) is 0 Å². The van der Waals surface area contributed by atoms with E-state index in [0.717, 1.165) is 0 Å². The lowest BCUT2D eigenvalue weighted by molar-refractivity contribution is 0.126. The Morgan fingerprint density at radius 2 is 1.32 bits per heavy atom. The van der Waals surface area contributed by atoms with Crippen molar-refractivity contribution in [2.75, 3.05) is 26.4 Å². The van der Waals surface area contributed by atoms with Crippen molar-refractivity contribution in [3.8, 4) is 0 Å². The molecule has 0 unspecified atom stereocenters. The fourth-order valence-electron chi connectivity index (χ4n) is 0.736. The zero-order valence-corrected chi connectivity index (χ0v) is 13.1. The van der Waals surface area contributed by atoms with E-state index in [9.17, 15) is 9.13 Å². The molecule has 19 heavy (non-hydrogen) atoms. The summed E-state index contributed by atoms with van der Waals surface area (Å²) in [7, 11) is -7.47. The molecular formula is C9H22O8P2. The molecule has 0 fully saturated rings. The van der Waals surface area contributed by atoms with Crippen LogP contribution in [-0.4, -0.2) is 36.2 Å². The van der Waals surface area contributed by atoms with Crippen LogP contribution in [0, 0.1) is 0 Å². The van der Waals surface area contributed by atoms with E-state index in [1.165, 1.54) is 6.08 Å². The molecule has 0 bridgehead atoms. The molecule has 0 saturated heterocycles. The van der Waals surface area contributed by atoms with Gasteiger partial charge >= 0.3 is 15.6 Å². The zero-order valence-electron chi connectivity index (χ0n) is 11.4. The smallest absolute Gasteiger partial charge is 0.303 e. The van der Waals surface area contributed by atoms with Gasteiger partial charge in [-0.25, -0.2) is 9.13 Å². The van der Waals surface area contributed by atoms with Crippen molar-refractivity contribution in [3.63, 3.8) is 0 Å². The van der Waals surface area contributed by atoms with Crippen molar-refractivity contribution in [3.05, 3.63) is 12.7 Å². The summed E-state index contributed by atoms with van der Waals surface area (Å²) in [5.41, 5.74) is 0. The molecule has 0 amide bonds. The highest BCUT2D eigenvalue weighted by atomic mass is 31.2. The van der Waals surface area contributed by atoms with Gasteiger partial charge in [0, 0.05) is 0 Å². The molecule has 0 aromatic heterocycles. The third-order valence-electron chi connectivity index (χ3n) is 1.22. The first-order chi connectivity index (χ1) is 8.74. The zero-order chi connectivity index (χ0) is 15.4. The van der Waals surface area contributed by atoms with E-state index in [4.69, 9.17) is 23.4 Å². The first-order valence-electron chi connectivity index (χ1n) is 5.59. The van der Waals surface area contributed by atoms with Crippen molar-refractivity contribution >= 4 is 15.6 Å². The Kier molecular flexibility index (Phi) is 13.2. The van der Waals surface area contributed by atoms with Crippen molar-refractivity contribution in [1.29, 1.82) is 0 Å². The topological polar surface area (TPSA) is 112 Å². The lowest BCUT2D eigenvalue weighted by atomic mass is 10.7. The molecule has 2 N–H and O–H groups in total. The van der Waals surface area contributed by atoms with Crippen LogP contribution in [0.1, 0.15) is 20.8 Å². The van der Waals surface area contributed by atoms with Crippen LogP contribution in [0.25, 0.3) is 0 Å². The predicted molar refractivity (Wildman–Crippen MR) is 70.7 cm³/mol. The highest BCUT2D eigenvalue weighted by Gasteiger charge is 2.23. The fraction of sp³-hybridized carbons (Fsp3) is 0.778. The van der Waals surface area contributed by atoms with Crippen LogP contribution in [0.15, 0.2) is 12.7 Å². The Labute approximate surface area is 113 Å². The number of hydrogen-bond donors (Lipinski definition) is 2. The largest absolute Gasteiger partial charge is 0.474 e. The van der Waals surface area contributed by atoms with Crippen molar-refractivity contribution in [1.82, 2.24) is 0 Å². The van der Waals surface area contributed by atoms with Gasteiger partial charge in [-0.3, -0.25) is 18.1 Å². The van der Waals surface area contributed by atoms with E-state index >= 15 is 0 Å². The molecule has 0 spiro atoms. The second-order valence-corrected chi connectivity index (χ2v) is 5.68. The Hall–Kier alpha value is -0.0400. The van der Waals surface area contributed by atoms with Crippen LogP contribution >= 0.6 is 15.6 Å². The Morgan fingerprint density at radius 1 is 0.947 bits per heavy atom. The molecule has 0 saturated carbocycles. The first-order valence-corrected chi connectivity index (χ1v) is 8.58. The van der Waals surface area contributed by atoms with Crippen molar-refractivity contribution in [2.45, 2.75) is 20.8 Å². The molecule has 0 aliphatic rings. The first kappa shape index (κ1) is 21.3. The standard InChI is InChI=1S/C6H15O4P.C3H7O4P/c1-4-8-11(7,9-5-2)10-6-3;1-2-3-7-8(4,5)6/h4-6H2,1-3H3;2H,1,3H2,(H2,4,5,6). The molecule has 0 aliphatic carbocycles. The van der Waals surface area contributed by atoms with Gasteiger partial charge in [0.25, 0.3) is 0 Å². The van der Waals surface area contributed by atoms with Crippen LogP contribution in [0.2, 0.25) is 0 Å². The monoisotopic (exact) mass is 320 g/mol. The fourth-order valence-corrected chi connectivity index (χ4v) is 2.21. The highest BCUT2D eigenvalue weighted by molar-refractivity contribution is 7.48. The molecule has 0 heterocycles. The molecule has 0 rings (SSSR count). The van der Waals surface area contributed by atoms with Gasteiger partial charge in [0.15, 0.2) is 0 Å². The third-order valence-corrected chi connectivity index (χ3v) is 3.43. The van der Waals surface area contributed by atoms with Crippen LogP contribution in [0.5, 0.6) is 0 Å². The number of phosphoric acid groups is 2. The van der Waals surface area contributed by atoms with E-state index in [1.54, 1.807) is 20.8 Å². The van der Waals surface area contributed by atoms with Crippen LogP contribution < -0.4 is 0 Å². The van der Waals surface area contributed by atoms with E-state index in [-0.39, 0.29) is 6.61 Å². The van der Waals surface area contributed by atoms with Crippen molar-refractivity contribution in [2.24, 2.45) is 0 Å². The third kappa shape index (κ3) is 15.9.